The smallest absolute Gasteiger partial charge is 0.255 e. The first kappa shape index (κ1) is 17.1. The molecular weight excluding hydrogens is 345 g/mol. The fraction of sp³-hybridized carbons (Fsp3) is 0.167. The lowest BCUT2D eigenvalue weighted by atomic mass is 10.1. The Balaban J connectivity index is 1.59. The number of carbonyl (C=O) groups is 1. The van der Waals surface area contributed by atoms with Crippen LogP contribution in [0.3, 0.4) is 0 Å². The molecule has 3 aromatic rings. The van der Waals surface area contributed by atoms with Gasteiger partial charge in [-0.2, -0.15) is 0 Å². The molecule has 1 aromatic heterocycles. The summed E-state index contributed by atoms with van der Waals surface area (Å²) in [5.74, 6) is -0.445. The van der Waals surface area contributed by atoms with Gasteiger partial charge in [0.2, 0.25) is 11.8 Å². The third kappa shape index (κ3) is 4.03. The highest BCUT2D eigenvalue weighted by atomic mass is 35.5. The zero-order valence-electron chi connectivity index (χ0n) is 13.4. The largest absolute Gasteiger partial charge is 0.421 e. The van der Waals surface area contributed by atoms with Crippen LogP contribution in [0.2, 0.25) is 5.02 Å². The Morgan fingerprint density at radius 3 is 2.68 bits per heavy atom. The Kier molecular flexibility index (Phi) is 5.09. The predicted molar refractivity (Wildman–Crippen MR) is 91.9 cm³/mol. The predicted octanol–water partition coefficient (Wildman–Crippen LogP) is 3.81. The summed E-state index contributed by atoms with van der Waals surface area (Å²) >= 11 is 5.86. The molecule has 128 valence electrons. The maximum Gasteiger partial charge on any atom is 0.255 e. The maximum absolute atomic E-state index is 13.7. The van der Waals surface area contributed by atoms with Crippen LogP contribution in [0.5, 0.6) is 0 Å². The van der Waals surface area contributed by atoms with Crippen molar-refractivity contribution in [1.82, 2.24) is 15.5 Å². The number of rotatable bonds is 5. The number of aryl methyl sites for hydroxylation is 1. The lowest BCUT2D eigenvalue weighted by molar-refractivity contribution is 0.0950. The van der Waals surface area contributed by atoms with Crippen molar-refractivity contribution in [3.05, 3.63) is 70.3 Å². The molecule has 1 N–H and O–H groups in total. The molecule has 1 heterocycles. The van der Waals surface area contributed by atoms with E-state index >= 15 is 0 Å². The second-order valence-electron chi connectivity index (χ2n) is 5.47. The van der Waals surface area contributed by atoms with E-state index < -0.39 is 11.7 Å². The van der Waals surface area contributed by atoms with Crippen molar-refractivity contribution >= 4 is 17.5 Å². The van der Waals surface area contributed by atoms with Gasteiger partial charge in [0.1, 0.15) is 5.82 Å². The Morgan fingerprint density at radius 1 is 1.20 bits per heavy atom. The van der Waals surface area contributed by atoms with Gasteiger partial charge in [0, 0.05) is 18.5 Å². The maximum atomic E-state index is 13.7. The lowest BCUT2D eigenvalue weighted by Gasteiger charge is -2.06. The monoisotopic (exact) mass is 359 g/mol. The van der Waals surface area contributed by atoms with Crippen LogP contribution >= 0.6 is 11.6 Å². The van der Waals surface area contributed by atoms with E-state index in [-0.39, 0.29) is 17.1 Å². The molecule has 0 atom stereocenters. The average molecular weight is 360 g/mol. The number of carbonyl (C=O) groups excluding carboxylic acids is 1. The van der Waals surface area contributed by atoms with Crippen molar-refractivity contribution in [3.8, 4) is 11.5 Å². The van der Waals surface area contributed by atoms with Crippen LogP contribution in [0.25, 0.3) is 11.5 Å². The van der Waals surface area contributed by atoms with Crippen LogP contribution < -0.4 is 5.32 Å². The van der Waals surface area contributed by atoms with Gasteiger partial charge in [-0.15, -0.1) is 10.2 Å². The van der Waals surface area contributed by atoms with Gasteiger partial charge >= 0.3 is 0 Å². The summed E-state index contributed by atoms with van der Waals surface area (Å²) in [4.78, 5) is 12.0. The molecule has 0 radical (unpaired) electrons. The summed E-state index contributed by atoms with van der Waals surface area (Å²) < 4.78 is 19.3. The van der Waals surface area contributed by atoms with Crippen LogP contribution in [0, 0.1) is 12.7 Å². The van der Waals surface area contributed by atoms with E-state index in [1.807, 2.05) is 31.2 Å². The minimum absolute atomic E-state index is 0.0666. The number of nitrogens with one attached hydrogen (secondary N) is 1. The van der Waals surface area contributed by atoms with E-state index in [0.29, 0.717) is 18.2 Å². The average Bonchev–Trinajstić information content (AvgIpc) is 3.04. The molecule has 0 aliphatic heterocycles. The molecule has 1 amide bonds. The van der Waals surface area contributed by atoms with Gasteiger partial charge < -0.3 is 9.73 Å². The van der Waals surface area contributed by atoms with E-state index in [0.717, 1.165) is 11.1 Å². The summed E-state index contributed by atoms with van der Waals surface area (Å²) in [5.41, 5.74) is 1.79. The van der Waals surface area contributed by atoms with Crippen molar-refractivity contribution in [2.45, 2.75) is 13.3 Å². The van der Waals surface area contributed by atoms with Gasteiger partial charge in [0.25, 0.3) is 5.91 Å². The van der Waals surface area contributed by atoms with Crippen molar-refractivity contribution < 1.29 is 13.6 Å². The number of aromatic nitrogens is 2. The molecule has 0 saturated carbocycles. The van der Waals surface area contributed by atoms with E-state index in [9.17, 15) is 9.18 Å². The SMILES string of the molecule is Cc1ccc(-c2nnc(CCNC(=O)c3c(F)cccc3Cl)o2)cc1. The molecule has 0 aliphatic rings. The fourth-order valence-electron chi connectivity index (χ4n) is 2.25. The summed E-state index contributed by atoms with van der Waals surface area (Å²) in [6.07, 6.45) is 0.330. The van der Waals surface area contributed by atoms with E-state index in [2.05, 4.69) is 15.5 Å². The van der Waals surface area contributed by atoms with E-state index in [1.165, 1.54) is 18.2 Å². The van der Waals surface area contributed by atoms with Gasteiger partial charge in [0.05, 0.1) is 10.6 Å². The van der Waals surface area contributed by atoms with E-state index in [1.54, 1.807) is 0 Å². The molecule has 0 unspecified atom stereocenters. The highest BCUT2D eigenvalue weighted by molar-refractivity contribution is 6.33. The number of hydrogen-bond acceptors (Lipinski definition) is 4. The van der Waals surface area contributed by atoms with Crippen LogP contribution in [0.15, 0.2) is 46.9 Å². The van der Waals surface area contributed by atoms with Crippen LogP contribution in [0.4, 0.5) is 4.39 Å². The lowest BCUT2D eigenvalue weighted by Crippen LogP contribution is -2.27. The number of nitrogens with zero attached hydrogens (tertiary/aromatic N) is 2. The second kappa shape index (κ2) is 7.44. The van der Waals surface area contributed by atoms with Crippen LogP contribution in [0.1, 0.15) is 21.8 Å². The number of hydrogen-bond donors (Lipinski definition) is 1. The highest BCUT2D eigenvalue weighted by Gasteiger charge is 2.15. The van der Waals surface area contributed by atoms with Crippen molar-refractivity contribution in [2.75, 3.05) is 6.54 Å². The molecule has 3 rings (SSSR count). The molecule has 25 heavy (non-hydrogen) atoms. The molecule has 2 aromatic carbocycles. The van der Waals surface area contributed by atoms with Gasteiger partial charge in [-0.3, -0.25) is 4.79 Å². The minimum Gasteiger partial charge on any atom is -0.421 e. The molecule has 0 saturated heterocycles. The summed E-state index contributed by atoms with van der Waals surface area (Å²) in [5, 5.41) is 10.6. The number of amides is 1. The third-order valence-electron chi connectivity index (χ3n) is 3.58. The highest BCUT2D eigenvalue weighted by Crippen LogP contribution is 2.19. The first-order chi connectivity index (χ1) is 12.0. The summed E-state index contributed by atoms with van der Waals surface area (Å²) in [6.45, 7) is 2.21. The molecule has 5 nitrogen and oxygen atoms in total. The fourth-order valence-corrected chi connectivity index (χ4v) is 2.50. The molecule has 7 heteroatoms. The normalized spacial score (nSPS) is 10.7. The second-order valence-corrected chi connectivity index (χ2v) is 5.88. The van der Waals surface area contributed by atoms with Gasteiger partial charge in [-0.05, 0) is 31.2 Å². The van der Waals surface area contributed by atoms with Crippen molar-refractivity contribution in [3.63, 3.8) is 0 Å². The standard InChI is InChI=1S/C18H15ClFN3O2/c1-11-5-7-12(8-6-11)18-23-22-15(25-18)9-10-21-17(24)16-13(19)3-2-4-14(16)20/h2-8H,9-10H2,1H3,(H,21,24). The van der Waals surface area contributed by atoms with Gasteiger partial charge in [0.15, 0.2) is 0 Å². The Labute approximate surface area is 148 Å². The number of halogens is 2. The third-order valence-corrected chi connectivity index (χ3v) is 3.89. The molecule has 0 aliphatic carbocycles. The Morgan fingerprint density at radius 2 is 1.96 bits per heavy atom. The van der Waals surface area contributed by atoms with E-state index in [4.69, 9.17) is 16.0 Å². The summed E-state index contributed by atoms with van der Waals surface area (Å²) in [7, 11) is 0. The quantitative estimate of drug-likeness (QED) is 0.752. The van der Waals surface area contributed by atoms with Crippen molar-refractivity contribution in [2.24, 2.45) is 0 Å². The first-order valence-corrected chi connectivity index (χ1v) is 8.04. The molecular formula is C18H15ClFN3O2. The Hall–Kier alpha value is -2.73. The van der Waals surface area contributed by atoms with Crippen LogP contribution in [-0.4, -0.2) is 22.6 Å². The number of benzene rings is 2. The van der Waals surface area contributed by atoms with Crippen molar-refractivity contribution in [1.29, 1.82) is 0 Å². The molecule has 0 bridgehead atoms. The van der Waals surface area contributed by atoms with Crippen LogP contribution in [-0.2, 0) is 6.42 Å². The Bertz CT molecular complexity index is 873. The van der Waals surface area contributed by atoms with Gasteiger partial charge in [-0.25, -0.2) is 4.39 Å². The zero-order chi connectivity index (χ0) is 17.8. The zero-order valence-corrected chi connectivity index (χ0v) is 14.2. The first-order valence-electron chi connectivity index (χ1n) is 7.66. The molecule has 0 spiro atoms. The molecule has 0 fully saturated rings. The topological polar surface area (TPSA) is 68.0 Å². The van der Waals surface area contributed by atoms with Gasteiger partial charge in [-0.1, -0.05) is 35.4 Å². The minimum atomic E-state index is -0.663. The summed E-state index contributed by atoms with van der Waals surface area (Å²) in [6, 6.07) is 11.8.